The summed E-state index contributed by atoms with van der Waals surface area (Å²) < 4.78 is 5.63. The van der Waals surface area contributed by atoms with Crippen molar-refractivity contribution in [2.24, 2.45) is 0 Å². The molecule has 32 heavy (non-hydrogen) atoms. The summed E-state index contributed by atoms with van der Waals surface area (Å²) in [6, 6.07) is 14.1. The van der Waals surface area contributed by atoms with Gasteiger partial charge in [-0.2, -0.15) is 0 Å². The third kappa shape index (κ3) is 3.63. The van der Waals surface area contributed by atoms with E-state index in [1.165, 1.54) is 11.9 Å². The number of H-pyrrole nitrogens is 1. The van der Waals surface area contributed by atoms with Gasteiger partial charge in [0.2, 0.25) is 0 Å². The minimum Gasteiger partial charge on any atom is -0.481 e. The largest absolute Gasteiger partial charge is 0.481 e. The molecule has 0 spiro atoms. The molecule has 0 amide bonds. The Labute approximate surface area is 185 Å². The van der Waals surface area contributed by atoms with Crippen LogP contribution in [0.4, 0.5) is 0 Å². The molecule has 7 heteroatoms. The molecule has 3 heterocycles. The lowest BCUT2D eigenvalue weighted by atomic mass is 9.99. The minimum atomic E-state index is 0.197. The number of fused-ring (bicyclic) bond motifs is 2. The summed E-state index contributed by atoms with van der Waals surface area (Å²) >= 11 is 0. The normalized spacial score (nSPS) is 11.2. The zero-order chi connectivity index (χ0) is 22.1. The number of nitrogens with zero attached hydrogens (tertiary/aromatic N) is 5. The molecule has 0 saturated carbocycles. The van der Waals surface area contributed by atoms with Crippen LogP contribution >= 0.6 is 0 Å². The summed E-state index contributed by atoms with van der Waals surface area (Å²) in [5, 5.41) is 0.872. The fraction of sp³-hybridized carbons (Fsp3) is 0.160. The Balaban J connectivity index is 1.70. The summed E-state index contributed by atoms with van der Waals surface area (Å²) in [7, 11) is 0. The van der Waals surface area contributed by atoms with Crippen LogP contribution in [0.1, 0.15) is 25.3 Å². The van der Waals surface area contributed by atoms with Crippen molar-refractivity contribution < 1.29 is 4.74 Å². The number of benzene rings is 2. The lowest BCUT2D eigenvalue weighted by Gasteiger charge is -2.11. The zero-order valence-corrected chi connectivity index (χ0v) is 17.7. The van der Waals surface area contributed by atoms with Crippen molar-refractivity contribution in [1.29, 1.82) is 0 Å². The van der Waals surface area contributed by atoms with E-state index >= 15 is 0 Å². The first-order valence-electron chi connectivity index (χ1n) is 10.3. The summed E-state index contributed by atoms with van der Waals surface area (Å²) in [5.41, 5.74) is 5.11. The van der Waals surface area contributed by atoms with Gasteiger partial charge < -0.3 is 9.72 Å². The van der Waals surface area contributed by atoms with Gasteiger partial charge in [-0.15, -0.1) is 6.42 Å². The van der Waals surface area contributed by atoms with E-state index in [0.717, 1.165) is 27.7 Å². The third-order valence-corrected chi connectivity index (χ3v) is 5.21. The Morgan fingerprint density at radius 2 is 1.91 bits per heavy atom. The van der Waals surface area contributed by atoms with Crippen molar-refractivity contribution >= 4 is 22.1 Å². The van der Waals surface area contributed by atoms with E-state index in [1.54, 1.807) is 6.20 Å². The number of aromatic nitrogens is 6. The second-order valence-electron chi connectivity index (χ2n) is 7.69. The number of hydrogen-bond acceptors (Lipinski definition) is 6. The van der Waals surface area contributed by atoms with E-state index in [-0.39, 0.29) is 6.61 Å². The van der Waals surface area contributed by atoms with E-state index < -0.39 is 0 Å². The molecule has 0 radical (unpaired) electrons. The first-order chi connectivity index (χ1) is 15.6. The molecule has 0 bridgehead atoms. The molecule has 156 valence electrons. The summed E-state index contributed by atoms with van der Waals surface area (Å²) in [4.78, 5) is 25.6. The average Bonchev–Trinajstić information content (AvgIpc) is 3.26. The van der Waals surface area contributed by atoms with E-state index in [9.17, 15) is 0 Å². The molecule has 5 aromatic rings. The number of imidazole rings is 1. The number of rotatable bonds is 5. The molecule has 0 aliphatic rings. The minimum absolute atomic E-state index is 0.197. The second kappa shape index (κ2) is 8.08. The highest BCUT2D eigenvalue weighted by Gasteiger charge is 2.16. The first kappa shape index (κ1) is 19.6. The van der Waals surface area contributed by atoms with Crippen LogP contribution in [0.15, 0.2) is 55.0 Å². The topological polar surface area (TPSA) is 89.5 Å². The summed E-state index contributed by atoms with van der Waals surface area (Å²) in [6.45, 7) is 4.54. The molecule has 0 aliphatic heterocycles. The summed E-state index contributed by atoms with van der Waals surface area (Å²) in [6.07, 6.45) is 8.49. The van der Waals surface area contributed by atoms with Crippen molar-refractivity contribution in [2.45, 2.75) is 19.8 Å². The first-order valence-corrected chi connectivity index (χ1v) is 10.3. The number of aromatic amines is 1. The van der Waals surface area contributed by atoms with E-state index in [2.05, 4.69) is 64.0 Å². The van der Waals surface area contributed by atoms with E-state index in [1.807, 2.05) is 18.2 Å². The van der Waals surface area contributed by atoms with Crippen LogP contribution in [-0.4, -0.2) is 36.5 Å². The molecule has 7 nitrogen and oxygen atoms in total. The molecular formula is C25H20N6O. The van der Waals surface area contributed by atoms with E-state index in [4.69, 9.17) is 21.1 Å². The van der Waals surface area contributed by atoms with Crippen LogP contribution in [0.3, 0.4) is 0 Å². The van der Waals surface area contributed by atoms with Gasteiger partial charge in [0, 0.05) is 10.9 Å². The number of nitrogens with one attached hydrogen (secondary N) is 1. The van der Waals surface area contributed by atoms with Gasteiger partial charge in [-0.1, -0.05) is 44.0 Å². The number of hydrogen-bond donors (Lipinski definition) is 1. The molecule has 2 aromatic carbocycles. The molecule has 3 aromatic heterocycles. The Bertz CT molecular complexity index is 1430. The van der Waals surface area contributed by atoms with Gasteiger partial charge in [-0.05, 0) is 29.7 Å². The average molecular weight is 420 g/mol. The van der Waals surface area contributed by atoms with Crippen LogP contribution < -0.4 is 4.74 Å². The van der Waals surface area contributed by atoms with Crippen LogP contribution in [0.5, 0.6) is 5.75 Å². The van der Waals surface area contributed by atoms with Gasteiger partial charge in [0.25, 0.3) is 0 Å². The van der Waals surface area contributed by atoms with Crippen molar-refractivity contribution in [2.75, 3.05) is 6.61 Å². The SMILES string of the molecule is C#CCOc1ccc2nc(-c3nc4ncncc4[nH]3)nc(-c3ccc(C(C)C)cc3)c2c1. The third-order valence-electron chi connectivity index (χ3n) is 5.21. The van der Waals surface area contributed by atoms with Crippen LogP contribution in [0, 0.1) is 12.3 Å². The van der Waals surface area contributed by atoms with Gasteiger partial charge in [-0.3, -0.25) is 0 Å². The second-order valence-corrected chi connectivity index (χ2v) is 7.69. The fourth-order valence-corrected chi connectivity index (χ4v) is 3.54. The number of terminal acetylenes is 1. The molecule has 0 aliphatic carbocycles. The van der Waals surface area contributed by atoms with Gasteiger partial charge in [0.15, 0.2) is 17.3 Å². The monoisotopic (exact) mass is 420 g/mol. The molecule has 0 atom stereocenters. The van der Waals surface area contributed by atoms with Gasteiger partial charge >= 0.3 is 0 Å². The lowest BCUT2D eigenvalue weighted by molar-refractivity contribution is 0.371. The fourth-order valence-electron chi connectivity index (χ4n) is 3.54. The van der Waals surface area contributed by atoms with Crippen LogP contribution in [0.25, 0.3) is 45.0 Å². The van der Waals surface area contributed by atoms with Crippen molar-refractivity contribution in [1.82, 2.24) is 29.9 Å². The molecular weight excluding hydrogens is 400 g/mol. The van der Waals surface area contributed by atoms with Crippen LogP contribution in [-0.2, 0) is 0 Å². The Morgan fingerprint density at radius 3 is 2.66 bits per heavy atom. The molecule has 0 fully saturated rings. The smallest absolute Gasteiger partial charge is 0.196 e. The van der Waals surface area contributed by atoms with Crippen LogP contribution in [0.2, 0.25) is 0 Å². The van der Waals surface area contributed by atoms with E-state index in [0.29, 0.717) is 29.0 Å². The highest BCUT2D eigenvalue weighted by molar-refractivity contribution is 5.94. The Hall–Kier alpha value is -4.31. The highest BCUT2D eigenvalue weighted by Crippen LogP contribution is 2.32. The standard InChI is InChI=1S/C25H20N6O/c1-4-11-32-18-9-10-20-19(12-18)22(17-7-5-16(6-8-17)15(2)3)30-24(28-20)25-29-21-13-26-14-27-23(21)31-25/h1,5-10,12-15H,11H2,2-3H3,(H,26,27,29,31). The molecule has 5 rings (SSSR count). The summed E-state index contributed by atoms with van der Waals surface area (Å²) in [5.74, 6) is 4.63. The highest BCUT2D eigenvalue weighted by atomic mass is 16.5. The predicted molar refractivity (Wildman–Crippen MR) is 124 cm³/mol. The maximum absolute atomic E-state index is 5.63. The van der Waals surface area contributed by atoms with Crippen molar-refractivity contribution in [3.63, 3.8) is 0 Å². The maximum Gasteiger partial charge on any atom is 0.196 e. The maximum atomic E-state index is 5.63. The zero-order valence-electron chi connectivity index (χ0n) is 17.7. The predicted octanol–water partition coefficient (Wildman–Crippen LogP) is 4.77. The Morgan fingerprint density at radius 1 is 1.06 bits per heavy atom. The molecule has 0 saturated heterocycles. The molecule has 1 N–H and O–H groups in total. The van der Waals surface area contributed by atoms with Gasteiger partial charge in [0.1, 0.15) is 24.2 Å². The van der Waals surface area contributed by atoms with Crippen molar-refractivity contribution in [3.05, 3.63) is 60.6 Å². The number of ether oxygens (including phenoxy) is 1. The van der Waals surface area contributed by atoms with Gasteiger partial charge in [-0.25, -0.2) is 24.9 Å². The Kier molecular flexibility index (Phi) is 4.96. The lowest BCUT2D eigenvalue weighted by Crippen LogP contribution is -1.98. The quantitative estimate of drug-likeness (QED) is 0.412. The van der Waals surface area contributed by atoms with Crippen molar-refractivity contribution in [3.8, 4) is 41.0 Å². The molecule has 0 unspecified atom stereocenters. The van der Waals surface area contributed by atoms with Gasteiger partial charge in [0.05, 0.1) is 17.4 Å².